The molecule has 0 saturated carbocycles. The zero-order valence-corrected chi connectivity index (χ0v) is 20.3. The molecule has 0 aliphatic rings. The highest BCUT2D eigenvalue weighted by Gasteiger charge is 2.15. The average molecular weight is 492 g/mol. The first-order valence-corrected chi connectivity index (χ1v) is 12.8. The molecule has 4 aromatic carbocycles. The highest BCUT2D eigenvalue weighted by atomic mass is 32.1. The zero-order chi connectivity index (χ0) is 24.3. The van der Waals surface area contributed by atoms with E-state index in [1.807, 2.05) is 30.5 Å². The summed E-state index contributed by atoms with van der Waals surface area (Å²) in [6, 6.07) is 33.3. The molecule has 0 atom stereocenters. The summed E-state index contributed by atoms with van der Waals surface area (Å²) in [4.78, 5) is 14.7. The fourth-order valence-corrected chi connectivity index (χ4v) is 5.73. The maximum absolute atomic E-state index is 5.07. The molecule has 37 heavy (non-hydrogen) atoms. The molecule has 0 N–H and O–H groups in total. The van der Waals surface area contributed by atoms with Gasteiger partial charge in [-0.1, -0.05) is 66.7 Å². The molecule has 0 saturated heterocycles. The minimum atomic E-state index is 0.916. The van der Waals surface area contributed by atoms with Gasteiger partial charge in [-0.15, -0.1) is 0 Å². The van der Waals surface area contributed by atoms with E-state index in [0.717, 1.165) is 77.0 Å². The van der Waals surface area contributed by atoms with Gasteiger partial charge in [-0.05, 0) is 30.3 Å². The van der Waals surface area contributed by atoms with Crippen molar-refractivity contribution in [3.63, 3.8) is 0 Å². The Morgan fingerprint density at radius 3 is 2.24 bits per heavy atom. The quantitative estimate of drug-likeness (QED) is 0.231. The third-order valence-electron chi connectivity index (χ3n) is 6.97. The number of nitrogens with zero attached hydrogens (tertiary/aromatic N) is 5. The largest absolute Gasteiger partial charge is 0.254 e. The van der Waals surface area contributed by atoms with Crippen LogP contribution >= 0.6 is 11.7 Å². The Morgan fingerprint density at radius 2 is 1.32 bits per heavy atom. The maximum atomic E-state index is 5.07. The van der Waals surface area contributed by atoms with E-state index in [1.165, 1.54) is 11.7 Å². The Morgan fingerprint density at radius 1 is 0.514 bits per heavy atom. The molecule has 8 rings (SSSR count). The minimum Gasteiger partial charge on any atom is -0.254 e. The lowest BCUT2D eigenvalue weighted by Crippen LogP contribution is -1.92. The van der Waals surface area contributed by atoms with Gasteiger partial charge in [0.2, 0.25) is 0 Å². The van der Waals surface area contributed by atoms with Crippen LogP contribution in [-0.4, -0.2) is 23.7 Å². The highest BCUT2D eigenvalue weighted by molar-refractivity contribution is 7.00. The van der Waals surface area contributed by atoms with E-state index < -0.39 is 0 Å². The lowest BCUT2D eigenvalue weighted by Gasteiger charge is -2.11. The van der Waals surface area contributed by atoms with Crippen LogP contribution in [-0.2, 0) is 0 Å². The molecule has 8 aromatic rings. The number of rotatable bonds is 2. The maximum Gasteiger partial charge on any atom is 0.113 e. The molecule has 0 bridgehead atoms. The van der Waals surface area contributed by atoms with E-state index >= 15 is 0 Å². The van der Waals surface area contributed by atoms with Crippen molar-refractivity contribution in [3.05, 3.63) is 103 Å². The molecule has 0 radical (unpaired) electrons. The van der Waals surface area contributed by atoms with Gasteiger partial charge in [-0.3, -0.25) is 4.98 Å². The number of benzene rings is 4. The van der Waals surface area contributed by atoms with E-state index in [0.29, 0.717) is 0 Å². The van der Waals surface area contributed by atoms with Crippen molar-refractivity contribution in [2.75, 3.05) is 0 Å². The number of para-hydroxylation sites is 1. The van der Waals surface area contributed by atoms with Gasteiger partial charge in [-0.2, -0.15) is 8.75 Å². The molecule has 0 spiro atoms. The van der Waals surface area contributed by atoms with Gasteiger partial charge in [0.15, 0.2) is 0 Å². The summed E-state index contributed by atoms with van der Waals surface area (Å²) in [5.74, 6) is 0. The molecule has 172 valence electrons. The number of pyridine rings is 3. The average Bonchev–Trinajstić information content (AvgIpc) is 3.46. The van der Waals surface area contributed by atoms with Gasteiger partial charge in [-0.25, -0.2) is 9.97 Å². The molecule has 0 fully saturated rings. The summed E-state index contributed by atoms with van der Waals surface area (Å²) in [7, 11) is 0. The van der Waals surface area contributed by atoms with E-state index in [2.05, 4.69) is 86.5 Å². The van der Waals surface area contributed by atoms with Crippen molar-refractivity contribution in [2.45, 2.75) is 0 Å². The Labute approximate surface area is 215 Å². The van der Waals surface area contributed by atoms with Crippen molar-refractivity contribution < 1.29 is 0 Å². The fourth-order valence-electron chi connectivity index (χ4n) is 5.19. The minimum absolute atomic E-state index is 0.916. The lowest BCUT2D eigenvalue weighted by molar-refractivity contribution is 1.37. The molecule has 6 heteroatoms. The third-order valence-corrected chi connectivity index (χ3v) is 7.52. The van der Waals surface area contributed by atoms with Crippen LogP contribution in [0.1, 0.15) is 0 Å². The van der Waals surface area contributed by atoms with Crippen LogP contribution in [0.4, 0.5) is 0 Å². The lowest BCUT2D eigenvalue weighted by atomic mass is 9.98. The Hall–Kier alpha value is -4.81. The molecular weight excluding hydrogens is 474 g/mol. The van der Waals surface area contributed by atoms with Gasteiger partial charge < -0.3 is 0 Å². The van der Waals surface area contributed by atoms with Crippen molar-refractivity contribution in [1.29, 1.82) is 0 Å². The van der Waals surface area contributed by atoms with Crippen LogP contribution in [0.5, 0.6) is 0 Å². The second-order valence-electron chi connectivity index (χ2n) is 9.08. The van der Waals surface area contributed by atoms with Crippen LogP contribution < -0.4 is 0 Å². The summed E-state index contributed by atoms with van der Waals surface area (Å²) < 4.78 is 9.08. The second-order valence-corrected chi connectivity index (χ2v) is 9.61. The summed E-state index contributed by atoms with van der Waals surface area (Å²) in [6.07, 6.45) is 1.82. The number of hydrogen-bond donors (Lipinski definition) is 0. The predicted molar refractivity (Wildman–Crippen MR) is 152 cm³/mol. The first-order valence-electron chi connectivity index (χ1n) is 12.0. The van der Waals surface area contributed by atoms with Crippen LogP contribution in [0.15, 0.2) is 103 Å². The zero-order valence-electron chi connectivity index (χ0n) is 19.5. The molecule has 4 heterocycles. The van der Waals surface area contributed by atoms with Crippen molar-refractivity contribution in [1.82, 2.24) is 23.7 Å². The van der Waals surface area contributed by atoms with Gasteiger partial charge in [0.1, 0.15) is 11.0 Å². The summed E-state index contributed by atoms with van der Waals surface area (Å²) in [6.45, 7) is 0. The third kappa shape index (κ3) is 3.13. The molecule has 0 aliphatic carbocycles. The monoisotopic (exact) mass is 491 g/mol. The summed E-state index contributed by atoms with van der Waals surface area (Å²) in [5, 5.41) is 5.45. The fraction of sp³-hybridized carbons (Fsp3) is 0. The van der Waals surface area contributed by atoms with E-state index in [4.69, 9.17) is 9.97 Å². The first kappa shape index (κ1) is 20.4. The standard InChI is InChI=1S/C31H17N5S/c1-2-6-25-22(5-1)27-23(14-16-26-31(27)36-37-35-26)28(34-25)20-9-7-18(8-10-20)24-15-13-21-12-11-19-4-3-17-32-29(19)30(21)33-24/h1-17H. The van der Waals surface area contributed by atoms with Gasteiger partial charge in [0, 0.05) is 44.3 Å². The van der Waals surface area contributed by atoms with Crippen LogP contribution in [0, 0.1) is 0 Å². The smallest absolute Gasteiger partial charge is 0.113 e. The normalized spacial score (nSPS) is 11.8. The van der Waals surface area contributed by atoms with Crippen molar-refractivity contribution in [2.24, 2.45) is 0 Å². The molecule has 0 aliphatic heterocycles. The SMILES string of the molecule is c1cnc2c(c1)ccc1ccc(-c3ccc(-c4nc5ccccc5c5c4ccc4nsnc45)cc3)nc12. The number of fused-ring (bicyclic) bond motifs is 8. The molecular formula is C31H17N5S. The number of hydrogen-bond acceptors (Lipinski definition) is 6. The van der Waals surface area contributed by atoms with Gasteiger partial charge >= 0.3 is 0 Å². The molecule has 5 nitrogen and oxygen atoms in total. The number of aromatic nitrogens is 5. The summed E-state index contributed by atoms with van der Waals surface area (Å²) >= 11 is 1.25. The van der Waals surface area contributed by atoms with Gasteiger partial charge in [0.05, 0.1) is 39.7 Å². The second kappa shape index (κ2) is 7.85. The van der Waals surface area contributed by atoms with E-state index in [1.54, 1.807) is 0 Å². The van der Waals surface area contributed by atoms with Crippen LogP contribution in [0.3, 0.4) is 0 Å². The van der Waals surface area contributed by atoms with Crippen LogP contribution in [0.25, 0.3) is 77.0 Å². The Bertz CT molecular complexity index is 2150. The van der Waals surface area contributed by atoms with Crippen LogP contribution in [0.2, 0.25) is 0 Å². The summed E-state index contributed by atoms with van der Waals surface area (Å²) in [5.41, 5.74) is 8.60. The van der Waals surface area contributed by atoms with Gasteiger partial charge in [0.25, 0.3) is 0 Å². The topological polar surface area (TPSA) is 64.5 Å². The van der Waals surface area contributed by atoms with E-state index in [9.17, 15) is 0 Å². The Kier molecular flexibility index (Phi) is 4.32. The van der Waals surface area contributed by atoms with Crippen molar-refractivity contribution in [3.8, 4) is 22.5 Å². The highest BCUT2D eigenvalue weighted by Crippen LogP contribution is 2.37. The molecule has 0 amide bonds. The first-order chi connectivity index (χ1) is 18.3. The molecule has 4 aromatic heterocycles. The predicted octanol–water partition coefficient (Wildman–Crippen LogP) is 7.82. The Balaban J connectivity index is 1.30. The van der Waals surface area contributed by atoms with E-state index in [-0.39, 0.29) is 0 Å². The molecule has 0 unspecified atom stereocenters. The van der Waals surface area contributed by atoms with Crippen molar-refractivity contribution >= 4 is 66.2 Å².